The summed E-state index contributed by atoms with van der Waals surface area (Å²) in [6.45, 7) is 7.35. The lowest BCUT2D eigenvalue weighted by molar-refractivity contribution is -0.136. The van der Waals surface area contributed by atoms with Crippen LogP contribution in [0.15, 0.2) is 24.3 Å². The van der Waals surface area contributed by atoms with E-state index >= 15 is 0 Å². The monoisotopic (exact) mass is 293 g/mol. The molecule has 1 aromatic carbocycles. The second-order valence-electron chi connectivity index (χ2n) is 6.14. The van der Waals surface area contributed by atoms with Crippen LogP contribution in [0.5, 0.6) is 0 Å². The van der Waals surface area contributed by atoms with Crippen LogP contribution in [-0.4, -0.2) is 28.8 Å². The number of carbonyl (C=O) groups is 2. The zero-order chi connectivity index (χ0) is 16.0. The van der Waals surface area contributed by atoms with Crippen LogP contribution in [-0.2, 0) is 22.4 Å². The fraction of sp³-hybridized carbons (Fsp3) is 0.500. The van der Waals surface area contributed by atoms with Gasteiger partial charge in [-0.1, -0.05) is 24.3 Å². The number of amides is 1. The SMILES string of the molecule is C[C@@H](Cc1ccc(CC(=O)O)cc1)NC(=O)OC(C)(C)C. The van der Waals surface area contributed by atoms with Gasteiger partial charge in [-0.25, -0.2) is 4.79 Å². The minimum atomic E-state index is -0.845. The van der Waals surface area contributed by atoms with Crippen LogP contribution >= 0.6 is 0 Å². The highest BCUT2D eigenvalue weighted by Crippen LogP contribution is 2.10. The summed E-state index contributed by atoms with van der Waals surface area (Å²) in [4.78, 5) is 22.2. The predicted octanol–water partition coefficient (Wildman–Crippen LogP) is 2.77. The van der Waals surface area contributed by atoms with Crippen LogP contribution in [0, 0.1) is 0 Å². The van der Waals surface area contributed by atoms with Crippen molar-refractivity contribution in [2.24, 2.45) is 0 Å². The maximum atomic E-state index is 11.6. The first-order valence-corrected chi connectivity index (χ1v) is 6.95. The molecule has 0 aromatic heterocycles. The lowest BCUT2D eigenvalue weighted by Gasteiger charge is -2.22. The van der Waals surface area contributed by atoms with E-state index in [0.29, 0.717) is 6.42 Å². The number of aliphatic carboxylic acids is 1. The van der Waals surface area contributed by atoms with E-state index in [1.807, 2.05) is 39.8 Å². The Morgan fingerprint density at radius 2 is 1.71 bits per heavy atom. The highest BCUT2D eigenvalue weighted by atomic mass is 16.6. The summed E-state index contributed by atoms with van der Waals surface area (Å²) in [5.74, 6) is -0.845. The zero-order valence-corrected chi connectivity index (χ0v) is 13.0. The number of benzene rings is 1. The third-order valence-electron chi connectivity index (χ3n) is 2.68. The molecule has 1 rings (SSSR count). The largest absolute Gasteiger partial charge is 0.481 e. The molecular formula is C16H23NO4. The number of rotatable bonds is 5. The average Bonchev–Trinajstić information content (AvgIpc) is 2.28. The van der Waals surface area contributed by atoms with Crippen molar-refractivity contribution in [3.63, 3.8) is 0 Å². The maximum Gasteiger partial charge on any atom is 0.407 e. The van der Waals surface area contributed by atoms with Crippen molar-refractivity contribution < 1.29 is 19.4 Å². The third kappa shape index (κ3) is 7.34. The van der Waals surface area contributed by atoms with Crippen LogP contribution < -0.4 is 5.32 Å². The van der Waals surface area contributed by atoms with E-state index < -0.39 is 17.7 Å². The van der Waals surface area contributed by atoms with Gasteiger partial charge in [-0.2, -0.15) is 0 Å². The summed E-state index contributed by atoms with van der Waals surface area (Å²) in [5.41, 5.74) is 1.29. The van der Waals surface area contributed by atoms with Gasteiger partial charge < -0.3 is 15.2 Å². The van der Waals surface area contributed by atoms with E-state index in [1.165, 1.54) is 0 Å². The van der Waals surface area contributed by atoms with E-state index in [0.717, 1.165) is 11.1 Å². The molecule has 0 aliphatic carbocycles. The molecule has 0 unspecified atom stereocenters. The molecule has 1 atom stereocenters. The van der Waals surface area contributed by atoms with Gasteiger partial charge in [0.25, 0.3) is 0 Å². The molecule has 1 aromatic rings. The fourth-order valence-electron chi connectivity index (χ4n) is 1.88. The highest BCUT2D eigenvalue weighted by molar-refractivity contribution is 5.70. The maximum absolute atomic E-state index is 11.6. The van der Waals surface area contributed by atoms with Crippen molar-refractivity contribution >= 4 is 12.1 Å². The molecule has 5 heteroatoms. The van der Waals surface area contributed by atoms with Crippen molar-refractivity contribution in [2.75, 3.05) is 0 Å². The predicted molar refractivity (Wildman–Crippen MR) is 80.3 cm³/mol. The number of hydrogen-bond acceptors (Lipinski definition) is 3. The quantitative estimate of drug-likeness (QED) is 0.875. The number of carboxylic acid groups (broad SMARTS) is 1. The molecule has 116 valence electrons. The zero-order valence-electron chi connectivity index (χ0n) is 13.0. The Morgan fingerprint density at radius 3 is 2.19 bits per heavy atom. The Hall–Kier alpha value is -2.04. The molecule has 0 saturated heterocycles. The molecule has 0 fully saturated rings. The Balaban J connectivity index is 2.49. The summed E-state index contributed by atoms with van der Waals surface area (Å²) in [7, 11) is 0. The molecule has 0 radical (unpaired) electrons. The van der Waals surface area contributed by atoms with Gasteiger partial charge in [-0.05, 0) is 45.2 Å². The summed E-state index contributed by atoms with van der Waals surface area (Å²) in [6, 6.07) is 7.29. The second kappa shape index (κ2) is 7.11. The van der Waals surface area contributed by atoms with Crippen LogP contribution in [0.4, 0.5) is 4.79 Å². The van der Waals surface area contributed by atoms with E-state index in [-0.39, 0.29) is 12.5 Å². The molecule has 0 heterocycles. The molecule has 0 aliphatic rings. The van der Waals surface area contributed by atoms with Gasteiger partial charge in [0.05, 0.1) is 6.42 Å². The first kappa shape index (κ1) is 17.0. The fourth-order valence-corrected chi connectivity index (χ4v) is 1.88. The molecule has 0 bridgehead atoms. The Bertz CT molecular complexity index is 488. The number of carboxylic acids is 1. The van der Waals surface area contributed by atoms with Crippen molar-refractivity contribution in [1.82, 2.24) is 5.32 Å². The number of ether oxygens (including phenoxy) is 1. The average molecular weight is 293 g/mol. The minimum absolute atomic E-state index is 0.0198. The van der Waals surface area contributed by atoms with Crippen molar-refractivity contribution in [3.05, 3.63) is 35.4 Å². The number of hydrogen-bond donors (Lipinski definition) is 2. The standard InChI is InChI=1S/C16H23NO4/c1-11(17-15(20)21-16(2,3)4)9-12-5-7-13(8-6-12)10-14(18)19/h5-8,11H,9-10H2,1-4H3,(H,17,20)(H,18,19)/t11-/m0/s1. The molecule has 2 N–H and O–H groups in total. The van der Waals surface area contributed by atoms with Crippen molar-refractivity contribution in [3.8, 4) is 0 Å². The number of carbonyl (C=O) groups excluding carboxylic acids is 1. The minimum Gasteiger partial charge on any atom is -0.481 e. The van der Waals surface area contributed by atoms with E-state index in [4.69, 9.17) is 9.84 Å². The van der Waals surface area contributed by atoms with E-state index in [2.05, 4.69) is 5.32 Å². The number of nitrogens with one attached hydrogen (secondary N) is 1. The summed E-state index contributed by atoms with van der Waals surface area (Å²) in [6.07, 6.45) is 0.246. The molecule has 0 saturated carbocycles. The molecule has 1 amide bonds. The Kier molecular flexibility index (Phi) is 5.76. The smallest absolute Gasteiger partial charge is 0.407 e. The van der Waals surface area contributed by atoms with Gasteiger partial charge in [0, 0.05) is 6.04 Å². The Morgan fingerprint density at radius 1 is 1.19 bits per heavy atom. The first-order chi connectivity index (χ1) is 9.65. The third-order valence-corrected chi connectivity index (χ3v) is 2.68. The van der Waals surface area contributed by atoms with Gasteiger partial charge >= 0.3 is 12.1 Å². The van der Waals surface area contributed by atoms with Crippen LogP contribution in [0.2, 0.25) is 0 Å². The summed E-state index contributed by atoms with van der Waals surface area (Å²) < 4.78 is 5.19. The summed E-state index contributed by atoms with van der Waals surface area (Å²) >= 11 is 0. The molecule has 5 nitrogen and oxygen atoms in total. The topological polar surface area (TPSA) is 75.6 Å². The molecule has 0 spiro atoms. The molecule has 0 aliphatic heterocycles. The van der Waals surface area contributed by atoms with Crippen molar-refractivity contribution in [2.45, 2.75) is 52.2 Å². The lowest BCUT2D eigenvalue weighted by atomic mass is 10.0. The van der Waals surface area contributed by atoms with Crippen LogP contribution in [0.25, 0.3) is 0 Å². The Labute approximate surface area is 125 Å². The van der Waals surface area contributed by atoms with Crippen LogP contribution in [0.1, 0.15) is 38.8 Å². The second-order valence-corrected chi connectivity index (χ2v) is 6.14. The lowest BCUT2D eigenvalue weighted by Crippen LogP contribution is -2.38. The van der Waals surface area contributed by atoms with Gasteiger partial charge in [0.1, 0.15) is 5.60 Å². The van der Waals surface area contributed by atoms with Crippen LogP contribution in [0.3, 0.4) is 0 Å². The normalized spacial score (nSPS) is 12.6. The molecule has 21 heavy (non-hydrogen) atoms. The molecular weight excluding hydrogens is 270 g/mol. The number of alkyl carbamates (subject to hydrolysis) is 1. The van der Waals surface area contributed by atoms with Gasteiger partial charge in [0.15, 0.2) is 0 Å². The van der Waals surface area contributed by atoms with E-state index in [1.54, 1.807) is 12.1 Å². The summed E-state index contributed by atoms with van der Waals surface area (Å²) in [5, 5.41) is 11.5. The van der Waals surface area contributed by atoms with Gasteiger partial charge in [-0.3, -0.25) is 4.79 Å². The van der Waals surface area contributed by atoms with Crippen molar-refractivity contribution in [1.29, 1.82) is 0 Å². The first-order valence-electron chi connectivity index (χ1n) is 6.95. The van der Waals surface area contributed by atoms with Gasteiger partial charge in [-0.15, -0.1) is 0 Å². The highest BCUT2D eigenvalue weighted by Gasteiger charge is 2.17. The van der Waals surface area contributed by atoms with Gasteiger partial charge in [0.2, 0.25) is 0 Å². The van der Waals surface area contributed by atoms with E-state index in [9.17, 15) is 9.59 Å².